The molecule has 0 aromatic heterocycles. The number of carbonyl (C=O) groups is 1. The number of benzene rings is 2. The van der Waals surface area contributed by atoms with Crippen molar-refractivity contribution in [2.24, 2.45) is 0 Å². The maximum absolute atomic E-state index is 12.8. The van der Waals surface area contributed by atoms with E-state index >= 15 is 0 Å². The molecular weight excluding hydrogens is 267 g/mol. The van der Waals surface area contributed by atoms with Gasteiger partial charge in [0.2, 0.25) is 0 Å². The third kappa shape index (κ3) is 3.17. The fourth-order valence-electron chi connectivity index (χ4n) is 1.74. The average molecular weight is 279 g/mol. The molecule has 1 N–H and O–H groups in total. The van der Waals surface area contributed by atoms with Gasteiger partial charge in [0.1, 0.15) is 0 Å². The van der Waals surface area contributed by atoms with Crippen LogP contribution < -0.4 is 5.32 Å². The summed E-state index contributed by atoms with van der Waals surface area (Å²) in [5.74, 6) is -0.568. The Labute approximate surface area is 114 Å². The first kappa shape index (κ1) is 14.1. The van der Waals surface area contributed by atoms with Crippen molar-refractivity contribution in [3.8, 4) is 0 Å². The van der Waals surface area contributed by atoms with Gasteiger partial charge in [0.15, 0.2) is 0 Å². The summed E-state index contributed by atoms with van der Waals surface area (Å²) in [6, 6.07) is 11.5. The lowest BCUT2D eigenvalue weighted by atomic mass is 10.1. The van der Waals surface area contributed by atoms with Crippen LogP contribution in [0.5, 0.6) is 0 Å². The Bertz CT molecular complexity index is 618. The lowest BCUT2D eigenvalue weighted by Gasteiger charge is -2.13. The van der Waals surface area contributed by atoms with Crippen molar-refractivity contribution in [1.82, 2.24) is 0 Å². The van der Waals surface area contributed by atoms with Crippen molar-refractivity contribution in [2.75, 3.05) is 5.32 Å². The number of carbonyl (C=O) groups excluding carboxylic acids is 1. The van der Waals surface area contributed by atoms with E-state index in [4.69, 9.17) is 0 Å². The lowest BCUT2D eigenvalue weighted by Crippen LogP contribution is -2.16. The fraction of sp³-hybridized carbons (Fsp3) is 0.133. The minimum absolute atomic E-state index is 0.245. The maximum Gasteiger partial charge on any atom is 0.418 e. The normalized spacial score (nSPS) is 11.2. The average Bonchev–Trinajstić information content (AvgIpc) is 2.38. The number of halogens is 3. The summed E-state index contributed by atoms with van der Waals surface area (Å²) >= 11 is 0. The van der Waals surface area contributed by atoms with Crippen molar-refractivity contribution >= 4 is 11.6 Å². The van der Waals surface area contributed by atoms with Crippen LogP contribution in [-0.2, 0) is 6.18 Å². The van der Waals surface area contributed by atoms with Gasteiger partial charge in [-0.1, -0.05) is 29.8 Å². The number of aryl methyl sites for hydroxylation is 1. The van der Waals surface area contributed by atoms with Gasteiger partial charge in [-0.2, -0.15) is 13.2 Å². The Kier molecular flexibility index (Phi) is 3.79. The molecule has 2 rings (SSSR count). The first-order chi connectivity index (χ1) is 9.38. The molecule has 0 radical (unpaired) electrons. The van der Waals surface area contributed by atoms with Gasteiger partial charge in [-0.05, 0) is 31.2 Å². The van der Waals surface area contributed by atoms with Gasteiger partial charge in [0.05, 0.1) is 11.3 Å². The van der Waals surface area contributed by atoms with E-state index in [2.05, 4.69) is 5.32 Å². The highest BCUT2D eigenvalue weighted by atomic mass is 19.4. The van der Waals surface area contributed by atoms with Crippen molar-refractivity contribution in [1.29, 1.82) is 0 Å². The van der Waals surface area contributed by atoms with Crippen LogP contribution in [0, 0.1) is 6.92 Å². The van der Waals surface area contributed by atoms with Gasteiger partial charge in [-0.3, -0.25) is 4.79 Å². The molecule has 104 valence electrons. The number of para-hydroxylation sites is 1. The Morgan fingerprint density at radius 1 is 1.00 bits per heavy atom. The second-order valence-corrected chi connectivity index (χ2v) is 4.36. The van der Waals surface area contributed by atoms with Crippen LogP contribution in [0.4, 0.5) is 18.9 Å². The molecule has 20 heavy (non-hydrogen) atoms. The number of hydrogen-bond donors (Lipinski definition) is 1. The number of amides is 1. The van der Waals surface area contributed by atoms with Crippen molar-refractivity contribution in [3.63, 3.8) is 0 Å². The third-order valence-electron chi connectivity index (χ3n) is 2.79. The maximum atomic E-state index is 12.8. The SMILES string of the molecule is Cc1ccc(C(=O)Nc2ccccc2C(F)(F)F)cc1. The fourth-order valence-corrected chi connectivity index (χ4v) is 1.74. The van der Waals surface area contributed by atoms with Gasteiger partial charge < -0.3 is 5.32 Å². The molecule has 1 amide bonds. The number of nitrogens with one attached hydrogen (secondary N) is 1. The monoisotopic (exact) mass is 279 g/mol. The summed E-state index contributed by atoms with van der Waals surface area (Å²) in [7, 11) is 0. The zero-order chi connectivity index (χ0) is 14.8. The molecule has 0 saturated heterocycles. The molecule has 0 bridgehead atoms. The molecule has 0 spiro atoms. The van der Waals surface area contributed by atoms with E-state index < -0.39 is 17.6 Å². The van der Waals surface area contributed by atoms with Gasteiger partial charge in [0, 0.05) is 5.56 Å². The quantitative estimate of drug-likeness (QED) is 0.874. The Morgan fingerprint density at radius 3 is 2.20 bits per heavy atom. The summed E-state index contributed by atoms with van der Waals surface area (Å²) in [5.41, 5.74) is 0.177. The van der Waals surface area contributed by atoms with E-state index in [9.17, 15) is 18.0 Å². The number of hydrogen-bond acceptors (Lipinski definition) is 1. The van der Waals surface area contributed by atoms with Crippen LogP contribution in [0.3, 0.4) is 0 Å². The third-order valence-corrected chi connectivity index (χ3v) is 2.79. The lowest BCUT2D eigenvalue weighted by molar-refractivity contribution is -0.136. The topological polar surface area (TPSA) is 29.1 Å². The zero-order valence-electron chi connectivity index (χ0n) is 10.7. The number of anilines is 1. The van der Waals surface area contributed by atoms with Gasteiger partial charge >= 0.3 is 6.18 Å². The molecule has 0 atom stereocenters. The van der Waals surface area contributed by atoms with E-state index in [1.54, 1.807) is 24.3 Å². The molecule has 5 heteroatoms. The van der Waals surface area contributed by atoms with E-state index in [1.807, 2.05) is 6.92 Å². The van der Waals surface area contributed by atoms with Crippen LogP contribution in [0.2, 0.25) is 0 Å². The van der Waals surface area contributed by atoms with Crippen LogP contribution in [0.15, 0.2) is 48.5 Å². The van der Waals surface area contributed by atoms with Crippen LogP contribution in [0.1, 0.15) is 21.5 Å². The van der Waals surface area contributed by atoms with E-state index in [0.29, 0.717) is 5.56 Å². The Morgan fingerprint density at radius 2 is 1.60 bits per heavy atom. The van der Waals surface area contributed by atoms with Gasteiger partial charge in [-0.15, -0.1) is 0 Å². The Balaban J connectivity index is 2.26. The largest absolute Gasteiger partial charge is 0.418 e. The molecule has 0 fully saturated rings. The number of alkyl halides is 3. The highest BCUT2D eigenvalue weighted by molar-refractivity contribution is 6.04. The second-order valence-electron chi connectivity index (χ2n) is 4.36. The van der Waals surface area contributed by atoms with Crippen molar-refractivity contribution in [2.45, 2.75) is 13.1 Å². The molecule has 0 aliphatic heterocycles. The highest BCUT2D eigenvalue weighted by Crippen LogP contribution is 2.34. The summed E-state index contributed by atoms with van der Waals surface area (Å²) in [4.78, 5) is 11.9. The molecule has 0 aliphatic rings. The molecular formula is C15H12F3NO. The molecule has 0 heterocycles. The molecule has 0 unspecified atom stereocenters. The first-order valence-corrected chi connectivity index (χ1v) is 5.92. The highest BCUT2D eigenvalue weighted by Gasteiger charge is 2.33. The molecule has 2 aromatic carbocycles. The summed E-state index contributed by atoms with van der Waals surface area (Å²) in [6.07, 6.45) is -4.50. The molecule has 0 aliphatic carbocycles. The minimum Gasteiger partial charge on any atom is -0.321 e. The van der Waals surface area contributed by atoms with Crippen LogP contribution in [0.25, 0.3) is 0 Å². The van der Waals surface area contributed by atoms with Gasteiger partial charge in [0.25, 0.3) is 5.91 Å². The van der Waals surface area contributed by atoms with E-state index in [-0.39, 0.29) is 5.69 Å². The van der Waals surface area contributed by atoms with Crippen molar-refractivity contribution in [3.05, 3.63) is 65.2 Å². The zero-order valence-corrected chi connectivity index (χ0v) is 10.7. The molecule has 2 aromatic rings. The summed E-state index contributed by atoms with van der Waals surface area (Å²) in [5, 5.41) is 2.29. The van der Waals surface area contributed by atoms with E-state index in [1.165, 1.54) is 18.2 Å². The van der Waals surface area contributed by atoms with E-state index in [0.717, 1.165) is 11.6 Å². The molecule has 0 saturated carbocycles. The Hall–Kier alpha value is -2.30. The number of rotatable bonds is 2. The van der Waals surface area contributed by atoms with Crippen LogP contribution in [-0.4, -0.2) is 5.91 Å². The predicted octanol–water partition coefficient (Wildman–Crippen LogP) is 4.27. The van der Waals surface area contributed by atoms with Gasteiger partial charge in [-0.25, -0.2) is 0 Å². The second kappa shape index (κ2) is 5.36. The summed E-state index contributed by atoms with van der Waals surface area (Å²) in [6.45, 7) is 1.86. The van der Waals surface area contributed by atoms with Crippen molar-refractivity contribution < 1.29 is 18.0 Å². The minimum atomic E-state index is -4.50. The van der Waals surface area contributed by atoms with Crippen LogP contribution >= 0.6 is 0 Å². The smallest absolute Gasteiger partial charge is 0.321 e. The molecule has 2 nitrogen and oxygen atoms in total. The standard InChI is InChI=1S/C15H12F3NO/c1-10-6-8-11(9-7-10)14(20)19-13-5-3-2-4-12(13)15(16,17)18/h2-9H,1H3,(H,19,20). The predicted molar refractivity (Wildman–Crippen MR) is 70.6 cm³/mol. The summed E-state index contributed by atoms with van der Waals surface area (Å²) < 4.78 is 38.4. The first-order valence-electron chi connectivity index (χ1n) is 5.92.